The van der Waals surface area contributed by atoms with Crippen LogP contribution >= 0.6 is 11.6 Å². The predicted molar refractivity (Wildman–Crippen MR) is 93.5 cm³/mol. The van der Waals surface area contributed by atoms with Gasteiger partial charge in [-0.2, -0.15) is 0 Å². The van der Waals surface area contributed by atoms with Crippen molar-refractivity contribution in [2.75, 3.05) is 6.54 Å². The fourth-order valence-electron chi connectivity index (χ4n) is 6.10. The van der Waals surface area contributed by atoms with Gasteiger partial charge in [0.15, 0.2) is 0 Å². The summed E-state index contributed by atoms with van der Waals surface area (Å²) in [7, 11) is 0. The van der Waals surface area contributed by atoms with E-state index in [1.807, 2.05) is 12.1 Å². The van der Waals surface area contributed by atoms with Crippen LogP contribution in [0.3, 0.4) is 0 Å². The molecule has 23 heavy (non-hydrogen) atoms. The van der Waals surface area contributed by atoms with Crippen molar-refractivity contribution in [3.8, 4) is 0 Å². The Morgan fingerprint density at radius 2 is 1.83 bits per heavy atom. The summed E-state index contributed by atoms with van der Waals surface area (Å²) in [5.74, 6) is 1.77. The molecule has 1 aromatic rings. The maximum absolute atomic E-state index is 13.0. The Kier molecular flexibility index (Phi) is 3.72. The van der Waals surface area contributed by atoms with E-state index in [0.717, 1.165) is 49.1 Å². The monoisotopic (exact) mass is 331 g/mol. The highest BCUT2D eigenvalue weighted by atomic mass is 35.5. The molecule has 4 bridgehead atoms. The van der Waals surface area contributed by atoms with Crippen molar-refractivity contribution in [2.45, 2.75) is 57.3 Å². The number of amides is 1. The van der Waals surface area contributed by atoms with Gasteiger partial charge in [-0.1, -0.05) is 30.7 Å². The summed E-state index contributed by atoms with van der Waals surface area (Å²) in [6, 6.07) is 8.43. The molecule has 5 rings (SSSR count). The second-order valence-electron chi connectivity index (χ2n) is 8.28. The Morgan fingerprint density at radius 1 is 1.17 bits per heavy atom. The number of carbonyl (C=O) groups excluding carboxylic acids is 1. The zero-order valence-corrected chi connectivity index (χ0v) is 14.7. The average molecular weight is 332 g/mol. The Morgan fingerprint density at radius 3 is 2.43 bits per heavy atom. The average Bonchev–Trinajstić information content (AvgIpc) is 2.51. The normalized spacial score (nSPS) is 37.8. The van der Waals surface area contributed by atoms with Crippen molar-refractivity contribution in [3.05, 3.63) is 34.9 Å². The number of hydrogen-bond donors (Lipinski definition) is 1. The molecule has 0 radical (unpaired) electrons. The highest BCUT2D eigenvalue weighted by Crippen LogP contribution is 2.65. The quantitative estimate of drug-likeness (QED) is 0.851. The third-order valence-corrected chi connectivity index (χ3v) is 6.79. The van der Waals surface area contributed by atoms with Gasteiger partial charge >= 0.3 is 0 Å². The minimum absolute atomic E-state index is 0.112. The van der Waals surface area contributed by atoms with E-state index in [0.29, 0.717) is 5.91 Å². The summed E-state index contributed by atoms with van der Waals surface area (Å²) in [6.45, 7) is 2.93. The minimum atomic E-state index is -0.112. The molecule has 1 amide bonds. The maximum Gasteiger partial charge on any atom is 0.226 e. The highest BCUT2D eigenvalue weighted by Gasteiger charge is 2.60. The Labute approximate surface area is 144 Å². The van der Waals surface area contributed by atoms with Crippen LogP contribution in [0.1, 0.15) is 57.4 Å². The fraction of sp³-hybridized carbons (Fsp3) is 0.650. The van der Waals surface area contributed by atoms with Crippen LogP contribution in [0.5, 0.6) is 0 Å². The molecule has 0 spiro atoms. The Hall–Kier alpha value is -1.02. The minimum Gasteiger partial charge on any atom is -0.356 e. The molecule has 3 heteroatoms. The van der Waals surface area contributed by atoms with E-state index < -0.39 is 0 Å². The summed E-state index contributed by atoms with van der Waals surface area (Å²) in [5.41, 5.74) is 1.50. The molecule has 2 atom stereocenters. The van der Waals surface area contributed by atoms with E-state index in [4.69, 9.17) is 11.6 Å². The summed E-state index contributed by atoms with van der Waals surface area (Å²) < 4.78 is 0. The van der Waals surface area contributed by atoms with Crippen molar-refractivity contribution in [1.29, 1.82) is 0 Å². The van der Waals surface area contributed by atoms with Gasteiger partial charge in [0.1, 0.15) is 0 Å². The molecule has 4 fully saturated rings. The van der Waals surface area contributed by atoms with Crippen LogP contribution in [-0.2, 0) is 10.2 Å². The lowest BCUT2D eigenvalue weighted by Gasteiger charge is -2.61. The van der Waals surface area contributed by atoms with E-state index in [2.05, 4.69) is 24.4 Å². The lowest BCUT2D eigenvalue weighted by molar-refractivity contribution is -0.149. The molecule has 0 aliphatic heterocycles. The van der Waals surface area contributed by atoms with Crippen LogP contribution in [0.25, 0.3) is 0 Å². The zero-order chi connectivity index (χ0) is 16.1. The van der Waals surface area contributed by atoms with Gasteiger partial charge in [-0.3, -0.25) is 4.79 Å². The summed E-state index contributed by atoms with van der Waals surface area (Å²) in [6.07, 6.45) is 8.10. The fourth-order valence-corrected chi connectivity index (χ4v) is 6.22. The lowest BCUT2D eigenvalue weighted by atomic mass is 9.42. The summed E-state index contributed by atoms with van der Waals surface area (Å²) in [4.78, 5) is 13.0. The topological polar surface area (TPSA) is 29.1 Å². The highest BCUT2D eigenvalue weighted by molar-refractivity contribution is 6.30. The van der Waals surface area contributed by atoms with Crippen molar-refractivity contribution in [3.63, 3.8) is 0 Å². The number of carbonyl (C=O) groups is 1. The molecule has 2 nitrogen and oxygen atoms in total. The molecule has 1 aromatic carbocycles. The van der Waals surface area contributed by atoms with E-state index in [-0.39, 0.29) is 10.8 Å². The first-order valence-electron chi connectivity index (χ1n) is 9.10. The van der Waals surface area contributed by atoms with Crippen LogP contribution in [-0.4, -0.2) is 12.5 Å². The van der Waals surface area contributed by atoms with Crippen LogP contribution < -0.4 is 5.32 Å². The van der Waals surface area contributed by atoms with Crippen LogP contribution in [0.4, 0.5) is 0 Å². The van der Waals surface area contributed by atoms with Crippen molar-refractivity contribution in [1.82, 2.24) is 5.32 Å². The molecular formula is C20H26ClNO. The van der Waals surface area contributed by atoms with E-state index >= 15 is 0 Å². The largest absolute Gasteiger partial charge is 0.356 e. The molecule has 124 valence electrons. The number of rotatable bonds is 4. The molecule has 4 aliphatic carbocycles. The van der Waals surface area contributed by atoms with Crippen molar-refractivity contribution >= 4 is 17.5 Å². The second-order valence-corrected chi connectivity index (χ2v) is 8.72. The number of hydrogen-bond acceptors (Lipinski definition) is 1. The third kappa shape index (κ3) is 2.50. The SMILES string of the molecule is CCCNC(=O)C12CC3CC(C1)CC(c1ccc(Cl)cc1)(C3)C2. The maximum atomic E-state index is 13.0. The third-order valence-electron chi connectivity index (χ3n) is 6.53. The molecule has 0 heterocycles. The van der Waals surface area contributed by atoms with Crippen LogP contribution in [0.2, 0.25) is 5.02 Å². The molecule has 1 N–H and O–H groups in total. The van der Waals surface area contributed by atoms with Gasteiger partial charge in [-0.25, -0.2) is 0 Å². The van der Waals surface area contributed by atoms with Gasteiger partial charge in [0.05, 0.1) is 5.41 Å². The van der Waals surface area contributed by atoms with Gasteiger partial charge in [0.2, 0.25) is 5.91 Å². The van der Waals surface area contributed by atoms with E-state index in [1.54, 1.807) is 0 Å². The molecule has 4 aliphatic rings. The van der Waals surface area contributed by atoms with Gasteiger partial charge in [0, 0.05) is 11.6 Å². The first-order valence-corrected chi connectivity index (χ1v) is 9.47. The van der Waals surface area contributed by atoms with Crippen molar-refractivity contribution < 1.29 is 4.79 Å². The number of halogens is 1. The first kappa shape index (κ1) is 15.5. The Bertz CT molecular complexity index is 595. The number of nitrogens with one attached hydrogen (secondary N) is 1. The summed E-state index contributed by atoms with van der Waals surface area (Å²) in [5, 5.41) is 4.01. The molecular weight excluding hydrogens is 306 g/mol. The van der Waals surface area contributed by atoms with Crippen LogP contribution in [0.15, 0.2) is 24.3 Å². The van der Waals surface area contributed by atoms with Gasteiger partial charge in [0.25, 0.3) is 0 Å². The van der Waals surface area contributed by atoms with Gasteiger partial charge in [-0.05, 0) is 79.9 Å². The predicted octanol–water partition coefficient (Wildman–Crippen LogP) is 4.70. The molecule has 2 unspecified atom stereocenters. The second kappa shape index (κ2) is 5.51. The Balaban J connectivity index is 1.68. The van der Waals surface area contributed by atoms with Crippen LogP contribution in [0, 0.1) is 17.3 Å². The summed E-state index contributed by atoms with van der Waals surface area (Å²) >= 11 is 6.09. The lowest BCUT2D eigenvalue weighted by Crippen LogP contribution is -2.59. The van der Waals surface area contributed by atoms with E-state index in [9.17, 15) is 4.79 Å². The standard InChI is InChI=1S/C20H26ClNO/c1-2-7-22-18(23)20-11-14-8-15(12-20)10-19(9-14,13-20)16-3-5-17(21)6-4-16/h3-6,14-15H,2,7-13H2,1H3,(H,22,23). The number of benzene rings is 1. The van der Waals surface area contributed by atoms with Gasteiger partial charge < -0.3 is 5.32 Å². The molecule has 0 aromatic heterocycles. The first-order chi connectivity index (χ1) is 11.1. The smallest absolute Gasteiger partial charge is 0.226 e. The zero-order valence-electron chi connectivity index (χ0n) is 13.9. The molecule has 0 saturated heterocycles. The van der Waals surface area contributed by atoms with E-state index in [1.165, 1.54) is 24.8 Å². The van der Waals surface area contributed by atoms with Gasteiger partial charge in [-0.15, -0.1) is 0 Å². The molecule has 4 saturated carbocycles. The van der Waals surface area contributed by atoms with Crippen molar-refractivity contribution in [2.24, 2.45) is 17.3 Å².